The number of alkyl halides is 6. The van der Waals surface area contributed by atoms with Gasteiger partial charge in [-0.25, -0.2) is 9.18 Å². The van der Waals surface area contributed by atoms with Gasteiger partial charge in [-0.2, -0.15) is 22.0 Å². The Labute approximate surface area is 90.1 Å². The largest absolute Gasteiger partial charge is 0.446 e. The first-order valence-electron chi connectivity index (χ1n) is 3.75. The van der Waals surface area contributed by atoms with E-state index in [4.69, 9.17) is 10.2 Å². The minimum Gasteiger partial charge on any atom is -0.395 e. The van der Waals surface area contributed by atoms with Crippen LogP contribution in [0.2, 0.25) is 0 Å². The lowest BCUT2D eigenvalue weighted by Crippen LogP contribution is -2.59. The second kappa shape index (κ2) is 4.53. The number of aliphatic hydroxyl groups is 2. The molecule has 10 heteroatoms. The minimum absolute atomic E-state index is 0.130. The highest BCUT2D eigenvalue weighted by molar-refractivity contribution is 5.81. The average Bonchev–Trinajstić information content (AvgIpc) is 2.13. The van der Waals surface area contributed by atoms with Crippen molar-refractivity contribution in [1.29, 1.82) is 0 Å². The highest BCUT2D eigenvalue weighted by Gasteiger charge is 2.68. The summed E-state index contributed by atoms with van der Waals surface area (Å²) in [7, 11) is 0. The molecule has 0 aliphatic carbocycles. The fourth-order valence-electron chi connectivity index (χ4n) is 0.606. The second-order valence-electron chi connectivity index (χ2n) is 2.77. The van der Waals surface area contributed by atoms with Crippen LogP contribution in [0, 0.1) is 0 Å². The van der Waals surface area contributed by atoms with E-state index in [0.717, 1.165) is 0 Å². The van der Waals surface area contributed by atoms with Crippen LogP contribution in [0.1, 0.15) is 0 Å². The molecule has 17 heavy (non-hydrogen) atoms. The molecular formula is C7H6F6O4. The van der Waals surface area contributed by atoms with Gasteiger partial charge in [0, 0.05) is 6.08 Å². The van der Waals surface area contributed by atoms with Gasteiger partial charge in [0.15, 0.2) is 0 Å². The smallest absolute Gasteiger partial charge is 0.395 e. The van der Waals surface area contributed by atoms with E-state index in [0.29, 0.717) is 0 Å². The van der Waals surface area contributed by atoms with Crippen molar-refractivity contribution in [1.82, 2.24) is 0 Å². The maximum absolute atomic E-state index is 12.7. The molecule has 0 fully saturated rings. The van der Waals surface area contributed by atoms with Crippen LogP contribution in [-0.2, 0) is 9.53 Å². The van der Waals surface area contributed by atoms with Gasteiger partial charge in [-0.1, -0.05) is 6.58 Å². The van der Waals surface area contributed by atoms with E-state index >= 15 is 0 Å². The molecule has 1 unspecified atom stereocenters. The predicted molar refractivity (Wildman–Crippen MR) is 39.4 cm³/mol. The summed E-state index contributed by atoms with van der Waals surface area (Å²) in [5, 5.41) is 16.4. The van der Waals surface area contributed by atoms with Crippen LogP contribution in [0.5, 0.6) is 0 Å². The first-order valence-corrected chi connectivity index (χ1v) is 3.75. The molecule has 0 rings (SSSR count). The first-order chi connectivity index (χ1) is 7.36. The molecule has 0 spiro atoms. The number of ether oxygens (including phenoxy) is 1. The molecule has 0 bridgehead atoms. The number of halogens is 6. The van der Waals surface area contributed by atoms with E-state index in [-0.39, 0.29) is 6.08 Å². The molecule has 0 aromatic rings. The molecule has 100 valence electrons. The van der Waals surface area contributed by atoms with Crippen LogP contribution >= 0.6 is 0 Å². The van der Waals surface area contributed by atoms with Gasteiger partial charge >= 0.3 is 24.0 Å². The van der Waals surface area contributed by atoms with Crippen molar-refractivity contribution < 1.29 is 46.1 Å². The first kappa shape index (κ1) is 15.7. The van der Waals surface area contributed by atoms with Crippen molar-refractivity contribution in [3.63, 3.8) is 0 Å². The molecular weight excluding hydrogens is 262 g/mol. The van der Waals surface area contributed by atoms with Crippen molar-refractivity contribution in [2.75, 3.05) is 0 Å². The van der Waals surface area contributed by atoms with E-state index in [1.807, 2.05) is 0 Å². The zero-order valence-electron chi connectivity index (χ0n) is 7.84. The Balaban J connectivity index is 5.09. The Kier molecular flexibility index (Phi) is 4.18. The summed E-state index contributed by atoms with van der Waals surface area (Å²) in [6, 6.07) is 0. The average molecular weight is 268 g/mol. The van der Waals surface area contributed by atoms with Crippen molar-refractivity contribution in [3.8, 4) is 0 Å². The summed E-state index contributed by atoms with van der Waals surface area (Å²) in [6.45, 7) is 2.64. The van der Waals surface area contributed by atoms with E-state index in [1.54, 1.807) is 0 Å². The molecule has 0 aliphatic rings. The highest BCUT2D eigenvalue weighted by atomic mass is 19.4. The van der Waals surface area contributed by atoms with E-state index in [2.05, 4.69) is 11.3 Å². The monoisotopic (exact) mass is 268 g/mol. The van der Waals surface area contributed by atoms with Crippen molar-refractivity contribution in [3.05, 3.63) is 12.7 Å². The molecule has 0 aromatic carbocycles. The van der Waals surface area contributed by atoms with Crippen molar-refractivity contribution in [2.24, 2.45) is 0 Å². The Bertz CT molecular complexity index is 310. The third-order valence-corrected chi connectivity index (χ3v) is 1.47. The molecule has 2 N–H and O–H groups in total. The van der Waals surface area contributed by atoms with Crippen LogP contribution in [-0.4, -0.2) is 40.4 Å². The number of carbonyl (C=O) groups is 1. The fourth-order valence-corrected chi connectivity index (χ4v) is 0.606. The lowest BCUT2D eigenvalue weighted by molar-refractivity contribution is -0.410. The van der Waals surface area contributed by atoms with Gasteiger partial charge in [-0.3, -0.25) is 0 Å². The summed E-state index contributed by atoms with van der Waals surface area (Å²) >= 11 is 0. The third-order valence-electron chi connectivity index (χ3n) is 1.47. The van der Waals surface area contributed by atoms with Gasteiger partial charge in [0.1, 0.15) is 0 Å². The van der Waals surface area contributed by atoms with E-state index < -0.39 is 30.2 Å². The Morgan fingerprint density at radius 3 is 1.94 bits per heavy atom. The minimum atomic E-state index is -6.10. The number of carbonyl (C=O) groups excluding carboxylic acids is 1. The maximum Gasteiger partial charge on any atom is 0.446 e. The lowest BCUT2D eigenvalue weighted by Gasteiger charge is -2.31. The third kappa shape index (κ3) is 3.33. The van der Waals surface area contributed by atoms with Gasteiger partial charge in [-0.05, 0) is 0 Å². The zero-order chi connectivity index (χ0) is 14.1. The van der Waals surface area contributed by atoms with E-state index in [1.165, 1.54) is 0 Å². The molecule has 0 saturated carbocycles. The number of hydrogen-bond acceptors (Lipinski definition) is 4. The number of hydrogen-bond donors (Lipinski definition) is 2. The summed E-state index contributed by atoms with van der Waals surface area (Å²) in [5.74, 6) is -7.30. The topological polar surface area (TPSA) is 66.8 Å². The normalized spacial score (nSPS) is 15.3. The molecule has 0 aromatic heterocycles. The summed E-state index contributed by atoms with van der Waals surface area (Å²) in [4.78, 5) is 10.3. The maximum atomic E-state index is 12.7. The Hall–Kier alpha value is -1.29. The van der Waals surface area contributed by atoms with Crippen molar-refractivity contribution >= 4 is 5.97 Å². The Morgan fingerprint density at radius 2 is 1.65 bits per heavy atom. The molecule has 0 aliphatic heterocycles. The molecule has 0 heterocycles. The van der Waals surface area contributed by atoms with Gasteiger partial charge in [0.2, 0.25) is 0 Å². The molecule has 0 amide bonds. The van der Waals surface area contributed by atoms with Crippen LogP contribution in [0.3, 0.4) is 0 Å². The quantitative estimate of drug-likeness (QED) is 0.344. The summed E-state index contributed by atoms with van der Waals surface area (Å²) in [6.07, 6.45) is -16.0. The van der Waals surface area contributed by atoms with Gasteiger partial charge in [0.05, 0.1) is 0 Å². The van der Waals surface area contributed by atoms with E-state index in [9.17, 15) is 31.1 Å². The molecule has 0 radical (unpaired) electrons. The van der Waals surface area contributed by atoms with Gasteiger partial charge < -0.3 is 14.9 Å². The van der Waals surface area contributed by atoms with Gasteiger partial charge in [0.25, 0.3) is 6.17 Å². The second-order valence-corrected chi connectivity index (χ2v) is 2.77. The van der Waals surface area contributed by atoms with Crippen LogP contribution in [0.4, 0.5) is 26.3 Å². The fraction of sp³-hybridized carbons (Fsp3) is 0.571. The highest BCUT2D eigenvalue weighted by Crippen LogP contribution is 2.39. The van der Waals surface area contributed by atoms with Gasteiger partial charge in [-0.15, -0.1) is 0 Å². The predicted octanol–water partition coefficient (Wildman–Crippen LogP) is 0.890. The number of esters is 1. The molecule has 4 nitrogen and oxygen atoms in total. The lowest BCUT2D eigenvalue weighted by atomic mass is 10.1. The summed E-state index contributed by atoms with van der Waals surface area (Å²) < 4.78 is 76.2. The number of rotatable bonds is 4. The van der Waals surface area contributed by atoms with Crippen LogP contribution < -0.4 is 0 Å². The zero-order valence-corrected chi connectivity index (χ0v) is 7.84. The summed E-state index contributed by atoms with van der Waals surface area (Å²) in [5.41, 5.74) is 0. The van der Waals surface area contributed by atoms with Crippen LogP contribution in [0.25, 0.3) is 0 Å². The van der Waals surface area contributed by atoms with Crippen LogP contribution in [0.15, 0.2) is 12.7 Å². The SMILES string of the molecule is C=CC(=O)OC(F)(F)C(F)C(O)(O)C(F)(F)F. The Morgan fingerprint density at radius 1 is 1.24 bits per heavy atom. The van der Waals surface area contributed by atoms with Crippen molar-refractivity contribution in [2.45, 2.75) is 24.2 Å². The molecule has 0 saturated heterocycles. The standard InChI is InChI=1S/C7H6F6O4/c1-2-3(14)17-6(9,10)4(8)5(15,16)7(11,12)13/h2,4,15-16H,1H2. The molecule has 1 atom stereocenters.